The molecular formula is C18H28O2S2. The molecule has 0 amide bonds. The van der Waals surface area contributed by atoms with Crippen LogP contribution >= 0.6 is 24.4 Å². The molecule has 0 saturated heterocycles. The summed E-state index contributed by atoms with van der Waals surface area (Å²) in [5.74, 6) is 1.88. The third-order valence-corrected chi connectivity index (χ3v) is 4.63. The molecule has 0 aromatic heterocycles. The summed E-state index contributed by atoms with van der Waals surface area (Å²) in [6.45, 7) is 0.374. The van der Waals surface area contributed by atoms with Crippen molar-refractivity contribution in [3.05, 3.63) is 35.9 Å². The van der Waals surface area contributed by atoms with Crippen molar-refractivity contribution in [2.45, 2.75) is 58.0 Å². The molecule has 0 heterocycles. The highest BCUT2D eigenvalue weighted by Gasteiger charge is 2.03. The Morgan fingerprint density at radius 1 is 0.909 bits per heavy atom. The minimum absolute atomic E-state index is 0.157. The molecule has 0 saturated carbocycles. The maximum Gasteiger partial charge on any atom is 0.367 e. The molecule has 1 aromatic carbocycles. The van der Waals surface area contributed by atoms with Gasteiger partial charge in [0.05, 0.1) is 0 Å². The third-order valence-electron chi connectivity index (χ3n) is 3.47. The summed E-state index contributed by atoms with van der Waals surface area (Å²) in [5.41, 5.74) is 1.04. The van der Waals surface area contributed by atoms with Crippen molar-refractivity contribution < 1.29 is 9.53 Å². The molecule has 2 nitrogen and oxygen atoms in total. The number of thiol groups is 1. The molecule has 0 N–H and O–H groups in total. The van der Waals surface area contributed by atoms with E-state index < -0.39 is 0 Å². The third kappa shape index (κ3) is 11.0. The van der Waals surface area contributed by atoms with E-state index in [-0.39, 0.29) is 5.30 Å². The van der Waals surface area contributed by atoms with Gasteiger partial charge in [-0.1, -0.05) is 68.9 Å². The molecule has 0 spiro atoms. The lowest BCUT2D eigenvalue weighted by Crippen LogP contribution is -1.99. The smallest absolute Gasteiger partial charge is 0.367 e. The lowest BCUT2D eigenvalue weighted by atomic mass is 10.1. The van der Waals surface area contributed by atoms with Crippen LogP contribution in [0.1, 0.15) is 56.9 Å². The second-order valence-electron chi connectivity index (χ2n) is 5.42. The lowest BCUT2D eigenvalue weighted by Gasteiger charge is -2.04. The summed E-state index contributed by atoms with van der Waals surface area (Å²) in [7, 11) is 0. The van der Waals surface area contributed by atoms with Gasteiger partial charge in [0.15, 0.2) is 0 Å². The maximum atomic E-state index is 11.6. The van der Waals surface area contributed by atoms with Gasteiger partial charge in [-0.05, 0) is 35.9 Å². The number of hydrogen-bond donors (Lipinski definition) is 1. The Bertz CT molecular complexity index is 382. The first-order chi connectivity index (χ1) is 10.8. The largest absolute Gasteiger partial charge is 0.453 e. The van der Waals surface area contributed by atoms with Gasteiger partial charge in [-0.25, -0.2) is 4.79 Å². The molecule has 0 aliphatic carbocycles. The molecule has 124 valence electrons. The van der Waals surface area contributed by atoms with Crippen molar-refractivity contribution >= 4 is 29.7 Å². The monoisotopic (exact) mass is 340 g/mol. The van der Waals surface area contributed by atoms with Gasteiger partial charge in [0.2, 0.25) is 0 Å². The molecule has 1 aromatic rings. The fourth-order valence-electron chi connectivity index (χ4n) is 2.19. The number of carbonyl (C=O) groups excluding carboxylic acids is 1. The molecule has 0 radical (unpaired) electrons. The van der Waals surface area contributed by atoms with E-state index >= 15 is 0 Å². The Labute approximate surface area is 144 Å². The molecule has 0 aliphatic heterocycles. The first kappa shape index (κ1) is 19.4. The first-order valence-electron chi connectivity index (χ1n) is 8.27. The average Bonchev–Trinajstić information content (AvgIpc) is 2.55. The minimum Gasteiger partial charge on any atom is -0.453 e. The van der Waals surface area contributed by atoms with Crippen LogP contribution in [0.3, 0.4) is 0 Å². The van der Waals surface area contributed by atoms with E-state index in [4.69, 9.17) is 4.74 Å². The van der Waals surface area contributed by atoms with E-state index in [1.165, 1.54) is 56.7 Å². The van der Waals surface area contributed by atoms with Crippen molar-refractivity contribution in [3.63, 3.8) is 0 Å². The zero-order valence-corrected chi connectivity index (χ0v) is 15.0. The SMILES string of the molecule is O=C(OCc1ccccc1)SCCCCCCCCCCS. The second-order valence-corrected chi connectivity index (χ2v) is 6.90. The van der Waals surface area contributed by atoms with E-state index in [1.54, 1.807) is 0 Å². The van der Waals surface area contributed by atoms with Crippen molar-refractivity contribution in [1.29, 1.82) is 0 Å². The summed E-state index contributed by atoms with van der Waals surface area (Å²) in [6.07, 6.45) is 10.1. The number of hydrogen-bond acceptors (Lipinski definition) is 4. The summed E-state index contributed by atoms with van der Waals surface area (Å²) >= 11 is 5.52. The van der Waals surface area contributed by atoms with Crippen LogP contribution in [0, 0.1) is 0 Å². The fraction of sp³-hybridized carbons (Fsp3) is 0.611. The van der Waals surface area contributed by atoms with Crippen LogP contribution in [0.15, 0.2) is 30.3 Å². The molecule has 0 fully saturated rings. The summed E-state index contributed by atoms with van der Waals surface area (Å²) in [5, 5.41) is -0.157. The fourth-order valence-corrected chi connectivity index (χ4v) is 3.07. The van der Waals surface area contributed by atoms with Crippen molar-refractivity contribution in [2.24, 2.45) is 0 Å². The number of unbranched alkanes of at least 4 members (excludes halogenated alkanes) is 7. The van der Waals surface area contributed by atoms with Crippen LogP contribution in [-0.2, 0) is 11.3 Å². The number of ether oxygens (including phenoxy) is 1. The summed E-state index contributed by atoms with van der Waals surface area (Å²) in [6, 6.07) is 9.80. The normalized spacial score (nSPS) is 10.6. The standard InChI is InChI=1S/C18H28O2S2/c19-18(20-16-17-12-8-7-9-13-17)22-15-11-6-4-2-1-3-5-10-14-21/h7-9,12-13,21H,1-6,10-11,14-16H2. The zero-order chi connectivity index (χ0) is 15.9. The Hall–Kier alpha value is -0.610. The minimum atomic E-state index is -0.157. The topological polar surface area (TPSA) is 26.3 Å². The van der Waals surface area contributed by atoms with Crippen LogP contribution < -0.4 is 0 Å². The highest BCUT2D eigenvalue weighted by Crippen LogP contribution is 2.14. The highest BCUT2D eigenvalue weighted by atomic mass is 32.2. The molecule has 0 aliphatic rings. The number of rotatable bonds is 12. The maximum absolute atomic E-state index is 11.6. The van der Waals surface area contributed by atoms with Crippen molar-refractivity contribution in [3.8, 4) is 0 Å². The quantitative estimate of drug-likeness (QED) is 0.282. The predicted molar refractivity (Wildman–Crippen MR) is 99.9 cm³/mol. The molecule has 4 heteroatoms. The predicted octanol–water partition coefficient (Wildman–Crippen LogP) is 6.11. The van der Waals surface area contributed by atoms with Gasteiger partial charge in [0, 0.05) is 5.75 Å². The van der Waals surface area contributed by atoms with Crippen LogP contribution in [0.5, 0.6) is 0 Å². The molecule has 22 heavy (non-hydrogen) atoms. The Balaban J connectivity index is 1.87. The van der Waals surface area contributed by atoms with Gasteiger partial charge in [-0.15, -0.1) is 0 Å². The molecule has 1 rings (SSSR count). The summed E-state index contributed by atoms with van der Waals surface area (Å²) in [4.78, 5) is 11.6. The van der Waals surface area contributed by atoms with Gasteiger partial charge in [-0.3, -0.25) is 0 Å². The van der Waals surface area contributed by atoms with Crippen LogP contribution in [0.2, 0.25) is 0 Å². The van der Waals surface area contributed by atoms with Crippen LogP contribution in [0.4, 0.5) is 4.79 Å². The first-order valence-corrected chi connectivity index (χ1v) is 9.89. The van der Waals surface area contributed by atoms with E-state index in [9.17, 15) is 4.79 Å². The van der Waals surface area contributed by atoms with Crippen LogP contribution in [0.25, 0.3) is 0 Å². The van der Waals surface area contributed by atoms with E-state index in [2.05, 4.69) is 12.6 Å². The van der Waals surface area contributed by atoms with Crippen molar-refractivity contribution in [2.75, 3.05) is 11.5 Å². The molecular weight excluding hydrogens is 312 g/mol. The van der Waals surface area contributed by atoms with E-state index in [0.29, 0.717) is 6.61 Å². The Morgan fingerprint density at radius 3 is 2.14 bits per heavy atom. The van der Waals surface area contributed by atoms with E-state index in [1.807, 2.05) is 30.3 Å². The van der Waals surface area contributed by atoms with Gasteiger partial charge >= 0.3 is 5.30 Å². The van der Waals surface area contributed by atoms with Crippen LogP contribution in [-0.4, -0.2) is 16.8 Å². The van der Waals surface area contributed by atoms with Gasteiger partial charge in [0.25, 0.3) is 0 Å². The molecule has 0 atom stereocenters. The van der Waals surface area contributed by atoms with Gasteiger partial charge in [-0.2, -0.15) is 12.6 Å². The second kappa shape index (κ2) is 14.0. The highest BCUT2D eigenvalue weighted by molar-refractivity contribution is 8.13. The van der Waals surface area contributed by atoms with E-state index in [0.717, 1.165) is 23.5 Å². The number of carbonyl (C=O) groups is 1. The average molecular weight is 341 g/mol. The Kier molecular flexibility index (Phi) is 12.4. The number of thioether (sulfide) groups is 1. The lowest BCUT2D eigenvalue weighted by molar-refractivity contribution is 0.168. The van der Waals surface area contributed by atoms with Gasteiger partial charge in [0.1, 0.15) is 6.61 Å². The zero-order valence-electron chi connectivity index (χ0n) is 13.3. The summed E-state index contributed by atoms with van der Waals surface area (Å²) < 4.78 is 5.23. The molecule has 0 unspecified atom stereocenters. The van der Waals surface area contributed by atoms with Crippen molar-refractivity contribution in [1.82, 2.24) is 0 Å². The van der Waals surface area contributed by atoms with Gasteiger partial charge < -0.3 is 4.74 Å². The Morgan fingerprint density at radius 2 is 1.50 bits per heavy atom. The molecule has 0 bridgehead atoms. The number of benzene rings is 1.